The zero-order valence-electron chi connectivity index (χ0n) is 22.2. The van der Waals surface area contributed by atoms with E-state index < -0.39 is 6.17 Å². The van der Waals surface area contributed by atoms with E-state index >= 15 is 0 Å². The Kier molecular flexibility index (Phi) is 10.4. The molecule has 1 fully saturated rings. The minimum Gasteiger partial charge on any atom is -0.354 e. The van der Waals surface area contributed by atoms with Crippen molar-refractivity contribution in [1.29, 1.82) is 5.26 Å². The summed E-state index contributed by atoms with van der Waals surface area (Å²) >= 11 is 0. The molecule has 2 unspecified atom stereocenters. The van der Waals surface area contributed by atoms with Gasteiger partial charge >= 0.3 is 0 Å². The van der Waals surface area contributed by atoms with E-state index in [-0.39, 0.29) is 54.4 Å². The van der Waals surface area contributed by atoms with Crippen molar-refractivity contribution in [2.24, 2.45) is 5.92 Å². The van der Waals surface area contributed by atoms with E-state index in [0.717, 1.165) is 0 Å². The minimum atomic E-state index is -1.06. The molecule has 0 aliphatic carbocycles. The fraction of sp³-hybridized carbons (Fsp3) is 0.448. The van der Waals surface area contributed by atoms with Crippen LogP contribution in [0.1, 0.15) is 59.9 Å². The summed E-state index contributed by atoms with van der Waals surface area (Å²) in [6, 6.07) is 13.5. The van der Waals surface area contributed by atoms with Crippen LogP contribution in [0.15, 0.2) is 42.5 Å². The number of carbonyl (C=O) groups is 3. The predicted molar refractivity (Wildman–Crippen MR) is 144 cm³/mol. The molecule has 2 atom stereocenters. The molecule has 202 valence electrons. The van der Waals surface area contributed by atoms with Gasteiger partial charge in [0.2, 0.25) is 5.91 Å². The fourth-order valence-electron chi connectivity index (χ4n) is 4.33. The number of halogens is 1. The van der Waals surface area contributed by atoms with Gasteiger partial charge in [-0.1, -0.05) is 39.0 Å². The number of nitrogens with one attached hydrogen (secondary N) is 3. The molecule has 1 saturated heterocycles. The Morgan fingerprint density at radius 2 is 1.84 bits per heavy atom. The number of nitriles is 1. The van der Waals surface area contributed by atoms with Gasteiger partial charge in [-0.05, 0) is 54.2 Å². The highest BCUT2D eigenvalue weighted by atomic mass is 19.1. The Morgan fingerprint density at radius 1 is 1.11 bits per heavy atom. The highest BCUT2D eigenvalue weighted by Crippen LogP contribution is 2.27. The van der Waals surface area contributed by atoms with Gasteiger partial charge < -0.3 is 20.9 Å². The number of nitrogens with zero attached hydrogens (tertiary/aromatic N) is 2. The number of benzene rings is 2. The van der Waals surface area contributed by atoms with Crippen LogP contribution in [0.5, 0.6) is 0 Å². The second-order valence-corrected chi connectivity index (χ2v) is 9.90. The molecule has 8 nitrogen and oxygen atoms in total. The topological polar surface area (TPSA) is 114 Å². The van der Waals surface area contributed by atoms with Gasteiger partial charge in [-0.3, -0.25) is 14.4 Å². The molecular weight excluding hydrogens is 485 g/mol. The minimum absolute atomic E-state index is 0.0222. The number of likely N-dealkylation sites (tertiary alicyclic amines) is 1. The second-order valence-electron chi connectivity index (χ2n) is 9.90. The van der Waals surface area contributed by atoms with E-state index in [9.17, 15) is 24.0 Å². The lowest BCUT2D eigenvalue weighted by atomic mass is 9.95. The molecule has 3 amide bonds. The monoisotopic (exact) mass is 521 g/mol. The zero-order valence-corrected chi connectivity index (χ0v) is 22.2. The van der Waals surface area contributed by atoms with Gasteiger partial charge in [0.15, 0.2) is 0 Å². The first-order valence-corrected chi connectivity index (χ1v) is 13.1. The maximum absolute atomic E-state index is 13.8. The van der Waals surface area contributed by atoms with E-state index in [0.29, 0.717) is 48.7 Å². The van der Waals surface area contributed by atoms with Crippen molar-refractivity contribution in [2.45, 2.75) is 45.8 Å². The third-order valence-electron chi connectivity index (χ3n) is 6.43. The van der Waals surface area contributed by atoms with Gasteiger partial charge in [0.1, 0.15) is 6.17 Å². The molecule has 0 spiro atoms. The van der Waals surface area contributed by atoms with Crippen molar-refractivity contribution in [3.05, 3.63) is 59.2 Å². The summed E-state index contributed by atoms with van der Waals surface area (Å²) in [5.41, 5.74) is 2.10. The lowest BCUT2D eigenvalue weighted by Crippen LogP contribution is -2.47. The Morgan fingerprint density at radius 3 is 2.50 bits per heavy atom. The molecule has 1 aliphatic heterocycles. The van der Waals surface area contributed by atoms with Crippen molar-refractivity contribution in [3.63, 3.8) is 0 Å². The number of hydrogen-bond acceptors (Lipinski definition) is 5. The fourth-order valence-corrected chi connectivity index (χ4v) is 4.33. The van der Waals surface area contributed by atoms with Crippen LogP contribution in [0.2, 0.25) is 0 Å². The third kappa shape index (κ3) is 7.62. The number of amides is 3. The van der Waals surface area contributed by atoms with Crippen molar-refractivity contribution in [1.82, 2.24) is 20.9 Å². The van der Waals surface area contributed by atoms with Crippen LogP contribution in [0.4, 0.5) is 4.39 Å². The summed E-state index contributed by atoms with van der Waals surface area (Å²) in [6.07, 6.45) is -0.159. The van der Waals surface area contributed by atoms with Crippen LogP contribution in [0, 0.1) is 17.2 Å². The van der Waals surface area contributed by atoms with E-state index in [1.807, 2.05) is 20.8 Å². The van der Waals surface area contributed by atoms with Gasteiger partial charge in [0.05, 0.1) is 24.2 Å². The third-order valence-corrected chi connectivity index (χ3v) is 6.43. The van der Waals surface area contributed by atoms with Crippen molar-refractivity contribution >= 4 is 17.7 Å². The highest BCUT2D eigenvalue weighted by molar-refractivity contribution is 6.01. The molecule has 9 heteroatoms. The second kappa shape index (κ2) is 13.7. The molecule has 0 radical (unpaired) electrons. The van der Waals surface area contributed by atoms with Crippen LogP contribution >= 0.6 is 0 Å². The van der Waals surface area contributed by atoms with Crippen LogP contribution in [-0.2, 0) is 4.79 Å². The van der Waals surface area contributed by atoms with Crippen LogP contribution in [0.25, 0.3) is 11.1 Å². The van der Waals surface area contributed by atoms with Gasteiger partial charge in [0, 0.05) is 37.3 Å². The Labute approximate surface area is 223 Å². The normalized spacial score (nSPS) is 15.7. The Hall–Kier alpha value is -3.77. The largest absolute Gasteiger partial charge is 0.354 e. The molecule has 0 saturated carbocycles. The van der Waals surface area contributed by atoms with E-state index in [4.69, 9.17) is 0 Å². The number of carbonyl (C=O) groups excluding carboxylic acids is 3. The first-order chi connectivity index (χ1) is 18.2. The molecule has 2 aromatic rings. The van der Waals surface area contributed by atoms with E-state index in [1.165, 1.54) is 11.0 Å². The highest BCUT2D eigenvalue weighted by Gasteiger charge is 2.27. The van der Waals surface area contributed by atoms with Crippen LogP contribution in [-0.4, -0.2) is 67.6 Å². The molecule has 3 N–H and O–H groups in total. The van der Waals surface area contributed by atoms with Gasteiger partial charge in [-0.15, -0.1) is 0 Å². The smallest absolute Gasteiger partial charge is 0.253 e. The summed E-state index contributed by atoms with van der Waals surface area (Å²) in [5.74, 6) is -0.459. The van der Waals surface area contributed by atoms with Gasteiger partial charge in [0.25, 0.3) is 11.8 Å². The van der Waals surface area contributed by atoms with Crippen molar-refractivity contribution in [3.8, 4) is 17.2 Å². The Bertz CT molecular complexity index is 1190. The van der Waals surface area contributed by atoms with Gasteiger partial charge in [-0.2, -0.15) is 5.26 Å². The molecule has 3 rings (SSSR count). The quantitative estimate of drug-likeness (QED) is 0.393. The summed E-state index contributed by atoms with van der Waals surface area (Å²) < 4.78 is 13.8. The molecule has 1 heterocycles. The maximum atomic E-state index is 13.8. The first kappa shape index (κ1) is 28.8. The average molecular weight is 522 g/mol. The van der Waals surface area contributed by atoms with E-state index in [1.54, 1.807) is 36.4 Å². The molecule has 1 aliphatic rings. The first-order valence-electron chi connectivity index (χ1n) is 13.1. The SMILES string of the molecule is CCC(NCCNC(=O)c1cc(C(=O)N2CCC(F)C2)cc(-c2ccccc2C#N)c1)C(=O)NCC(C)C. The molecule has 0 bridgehead atoms. The molecule has 2 aromatic carbocycles. The maximum Gasteiger partial charge on any atom is 0.253 e. The summed E-state index contributed by atoms with van der Waals surface area (Å²) in [6.45, 7) is 7.56. The lowest BCUT2D eigenvalue weighted by molar-refractivity contribution is -0.123. The molecular formula is C29H36FN5O3. The van der Waals surface area contributed by atoms with Crippen molar-refractivity contribution in [2.75, 3.05) is 32.7 Å². The predicted octanol–water partition coefficient (Wildman–Crippen LogP) is 3.28. The molecule has 38 heavy (non-hydrogen) atoms. The Balaban J connectivity index is 1.75. The van der Waals surface area contributed by atoms with E-state index in [2.05, 4.69) is 22.0 Å². The van der Waals surface area contributed by atoms with Crippen molar-refractivity contribution < 1.29 is 18.8 Å². The number of alkyl halides is 1. The average Bonchev–Trinajstić information content (AvgIpc) is 3.36. The summed E-state index contributed by atoms with van der Waals surface area (Å²) in [5, 5.41) is 18.5. The summed E-state index contributed by atoms with van der Waals surface area (Å²) in [4.78, 5) is 40.0. The number of rotatable bonds is 11. The zero-order chi connectivity index (χ0) is 27.7. The molecule has 0 aromatic heterocycles. The number of hydrogen-bond donors (Lipinski definition) is 3. The standard InChI is InChI=1S/C29H36FN5O3/c1-4-26(28(37)34-17-19(2)3)32-10-11-33-27(36)22-13-21(25-8-6-5-7-20(25)16-31)14-23(15-22)29(38)35-12-9-24(30)18-35/h5-8,13-15,19,24,26,32H,4,9-12,17-18H2,1-3H3,(H,33,36)(H,34,37). The van der Waals surface area contributed by atoms with Crippen LogP contribution < -0.4 is 16.0 Å². The van der Waals surface area contributed by atoms with Crippen LogP contribution in [0.3, 0.4) is 0 Å². The summed E-state index contributed by atoms with van der Waals surface area (Å²) in [7, 11) is 0. The van der Waals surface area contributed by atoms with Gasteiger partial charge in [-0.25, -0.2) is 4.39 Å². The lowest BCUT2D eigenvalue weighted by Gasteiger charge is -2.18.